The predicted octanol–water partition coefficient (Wildman–Crippen LogP) is 3.27. The molecule has 2 aliphatic rings. The topological polar surface area (TPSA) is 57.7 Å². The molecule has 1 aromatic carbocycles. The average Bonchev–Trinajstić information content (AvgIpc) is 3.15. The maximum absolute atomic E-state index is 12.6. The van der Waals surface area contributed by atoms with E-state index < -0.39 is 0 Å². The van der Waals surface area contributed by atoms with Crippen molar-refractivity contribution in [2.75, 3.05) is 19.6 Å². The number of likely N-dealkylation sites (tertiary alicyclic amines) is 1. The van der Waals surface area contributed by atoms with Gasteiger partial charge in [0.15, 0.2) is 0 Å². The molecule has 0 unspecified atom stereocenters. The second-order valence-corrected chi connectivity index (χ2v) is 7.66. The van der Waals surface area contributed by atoms with Gasteiger partial charge in [0.1, 0.15) is 6.54 Å². The number of thioether (sulfide) groups is 1. The first-order valence-electron chi connectivity index (χ1n) is 8.48. The first kappa shape index (κ1) is 17.7. The van der Waals surface area contributed by atoms with E-state index in [4.69, 9.17) is 0 Å². The van der Waals surface area contributed by atoms with Crippen LogP contribution in [-0.2, 0) is 9.59 Å². The molecule has 6 heteroatoms. The van der Waals surface area contributed by atoms with Crippen molar-refractivity contribution < 1.29 is 14.4 Å². The van der Waals surface area contributed by atoms with E-state index >= 15 is 0 Å². The molecule has 0 aromatic heterocycles. The number of hydrogen-bond donors (Lipinski definition) is 0. The molecule has 0 N–H and O–H groups in total. The Morgan fingerprint density at radius 2 is 1.72 bits per heavy atom. The maximum atomic E-state index is 12.6. The van der Waals surface area contributed by atoms with Gasteiger partial charge in [-0.15, -0.1) is 0 Å². The molecule has 2 saturated heterocycles. The third-order valence-corrected chi connectivity index (χ3v) is 5.55. The molecule has 5 nitrogen and oxygen atoms in total. The summed E-state index contributed by atoms with van der Waals surface area (Å²) in [5.74, 6) is -0.523. The van der Waals surface area contributed by atoms with Crippen LogP contribution in [0.25, 0.3) is 6.08 Å². The fourth-order valence-electron chi connectivity index (χ4n) is 3.39. The van der Waals surface area contributed by atoms with Crippen molar-refractivity contribution in [1.82, 2.24) is 9.80 Å². The van der Waals surface area contributed by atoms with Crippen LogP contribution in [0.3, 0.4) is 0 Å². The number of benzene rings is 1. The van der Waals surface area contributed by atoms with E-state index in [1.807, 2.05) is 20.8 Å². The van der Waals surface area contributed by atoms with Gasteiger partial charge < -0.3 is 4.90 Å². The first-order chi connectivity index (χ1) is 11.9. The van der Waals surface area contributed by atoms with Crippen molar-refractivity contribution in [1.29, 1.82) is 0 Å². The van der Waals surface area contributed by atoms with Crippen LogP contribution in [0.15, 0.2) is 17.0 Å². The summed E-state index contributed by atoms with van der Waals surface area (Å²) in [6.07, 6.45) is 3.74. The van der Waals surface area contributed by atoms with Crippen LogP contribution in [0, 0.1) is 20.8 Å². The van der Waals surface area contributed by atoms with E-state index in [1.165, 1.54) is 0 Å². The third kappa shape index (κ3) is 3.63. The number of aryl methyl sites for hydroxylation is 3. The average molecular weight is 358 g/mol. The van der Waals surface area contributed by atoms with E-state index in [0.29, 0.717) is 18.0 Å². The van der Waals surface area contributed by atoms with Crippen LogP contribution >= 0.6 is 11.8 Å². The minimum atomic E-state index is -0.373. The molecule has 0 saturated carbocycles. The number of nitrogens with zero attached hydrogens (tertiary/aromatic N) is 2. The molecule has 3 amide bonds. The van der Waals surface area contributed by atoms with Crippen molar-refractivity contribution in [2.24, 2.45) is 0 Å². The van der Waals surface area contributed by atoms with E-state index in [0.717, 1.165) is 51.8 Å². The Hall–Kier alpha value is -2.08. The lowest BCUT2D eigenvalue weighted by Gasteiger charge is -2.18. The lowest BCUT2D eigenvalue weighted by Crippen LogP contribution is -2.40. The predicted molar refractivity (Wildman–Crippen MR) is 99.1 cm³/mol. The molecular formula is C19H22N2O3S. The second kappa shape index (κ2) is 7.04. The number of imide groups is 1. The third-order valence-electron chi connectivity index (χ3n) is 4.64. The van der Waals surface area contributed by atoms with Crippen molar-refractivity contribution in [3.8, 4) is 0 Å². The molecule has 2 fully saturated rings. The summed E-state index contributed by atoms with van der Waals surface area (Å²) < 4.78 is 0. The fraction of sp³-hybridized carbons (Fsp3) is 0.421. The molecule has 132 valence electrons. The van der Waals surface area contributed by atoms with E-state index in [2.05, 4.69) is 12.1 Å². The number of rotatable bonds is 3. The highest BCUT2D eigenvalue weighted by Crippen LogP contribution is 2.33. The zero-order valence-corrected chi connectivity index (χ0v) is 15.6. The van der Waals surface area contributed by atoms with Crippen LogP contribution in [-0.4, -0.2) is 46.5 Å². The first-order valence-corrected chi connectivity index (χ1v) is 9.29. The maximum Gasteiger partial charge on any atom is 0.294 e. The number of hydrogen-bond acceptors (Lipinski definition) is 4. The van der Waals surface area contributed by atoms with E-state index in [9.17, 15) is 14.4 Å². The summed E-state index contributed by atoms with van der Waals surface area (Å²) in [7, 11) is 0. The quantitative estimate of drug-likeness (QED) is 0.778. The van der Waals surface area contributed by atoms with Gasteiger partial charge in [0.2, 0.25) is 5.91 Å². The Morgan fingerprint density at radius 1 is 1.12 bits per heavy atom. The Kier molecular flexibility index (Phi) is 4.99. The molecule has 0 atom stereocenters. The number of amides is 3. The molecule has 0 aliphatic carbocycles. The summed E-state index contributed by atoms with van der Waals surface area (Å²) >= 11 is 0.911. The van der Waals surface area contributed by atoms with Crippen LogP contribution in [0.5, 0.6) is 0 Å². The van der Waals surface area contributed by atoms with Gasteiger partial charge in [-0.1, -0.05) is 17.7 Å². The second-order valence-electron chi connectivity index (χ2n) is 6.67. The van der Waals surface area contributed by atoms with Gasteiger partial charge in [-0.25, -0.2) is 0 Å². The van der Waals surface area contributed by atoms with Crippen LogP contribution in [0.2, 0.25) is 0 Å². The molecule has 0 radical (unpaired) electrons. The zero-order valence-electron chi connectivity index (χ0n) is 14.8. The van der Waals surface area contributed by atoms with Crippen molar-refractivity contribution in [3.63, 3.8) is 0 Å². The zero-order chi connectivity index (χ0) is 18.1. The van der Waals surface area contributed by atoms with Gasteiger partial charge in [0, 0.05) is 13.1 Å². The highest BCUT2D eigenvalue weighted by atomic mass is 32.2. The summed E-state index contributed by atoms with van der Waals surface area (Å²) in [5.41, 5.74) is 4.26. The molecule has 3 rings (SSSR count). The molecule has 0 spiro atoms. The molecule has 2 aliphatic heterocycles. The number of carbonyl (C=O) groups is 3. The van der Waals surface area contributed by atoms with Gasteiger partial charge >= 0.3 is 0 Å². The van der Waals surface area contributed by atoms with Gasteiger partial charge in [0.05, 0.1) is 4.91 Å². The van der Waals surface area contributed by atoms with Crippen molar-refractivity contribution >= 4 is 34.9 Å². The van der Waals surface area contributed by atoms with Gasteiger partial charge in [0.25, 0.3) is 11.1 Å². The summed E-state index contributed by atoms with van der Waals surface area (Å²) in [6, 6.07) is 4.11. The fourth-order valence-corrected chi connectivity index (χ4v) is 4.21. The van der Waals surface area contributed by atoms with Crippen LogP contribution < -0.4 is 0 Å². The van der Waals surface area contributed by atoms with Crippen LogP contribution in [0.4, 0.5) is 4.79 Å². The molecule has 1 aromatic rings. The Morgan fingerprint density at radius 3 is 2.32 bits per heavy atom. The summed E-state index contributed by atoms with van der Waals surface area (Å²) in [6.45, 7) is 7.29. The minimum Gasteiger partial charge on any atom is -0.341 e. The summed E-state index contributed by atoms with van der Waals surface area (Å²) in [5, 5.41) is -0.369. The lowest BCUT2D eigenvalue weighted by molar-refractivity contribution is -0.135. The Labute approximate surface area is 152 Å². The number of carbonyl (C=O) groups excluding carboxylic acids is 3. The van der Waals surface area contributed by atoms with Gasteiger partial charge in [-0.3, -0.25) is 19.3 Å². The highest BCUT2D eigenvalue weighted by molar-refractivity contribution is 8.18. The summed E-state index contributed by atoms with van der Waals surface area (Å²) in [4.78, 5) is 40.2. The molecule has 2 heterocycles. The molecule has 0 bridgehead atoms. The normalized spacial score (nSPS) is 19.4. The smallest absolute Gasteiger partial charge is 0.294 e. The standard InChI is InChI=1S/C19H22N2O3S/c1-12-8-13(2)15(14(3)9-12)10-16-18(23)21(19(24)25-16)11-17(22)20-6-4-5-7-20/h8-10H,4-7,11H2,1-3H3/b16-10-. The largest absolute Gasteiger partial charge is 0.341 e. The monoisotopic (exact) mass is 358 g/mol. The molecular weight excluding hydrogens is 336 g/mol. The highest BCUT2D eigenvalue weighted by Gasteiger charge is 2.37. The Balaban J connectivity index is 1.80. The van der Waals surface area contributed by atoms with Crippen molar-refractivity contribution in [2.45, 2.75) is 33.6 Å². The van der Waals surface area contributed by atoms with E-state index in [-0.39, 0.29) is 23.6 Å². The van der Waals surface area contributed by atoms with E-state index in [1.54, 1.807) is 11.0 Å². The lowest BCUT2D eigenvalue weighted by atomic mass is 9.99. The minimum absolute atomic E-state index is 0.149. The Bertz CT molecular complexity index is 756. The van der Waals surface area contributed by atoms with Crippen LogP contribution in [0.1, 0.15) is 35.1 Å². The van der Waals surface area contributed by atoms with Crippen molar-refractivity contribution in [3.05, 3.63) is 39.3 Å². The molecule has 25 heavy (non-hydrogen) atoms. The van der Waals surface area contributed by atoms with Gasteiger partial charge in [-0.2, -0.15) is 0 Å². The van der Waals surface area contributed by atoms with Gasteiger partial charge in [-0.05, 0) is 68.1 Å². The SMILES string of the molecule is Cc1cc(C)c(/C=C2\SC(=O)N(CC(=O)N3CCCC3)C2=O)c(C)c1.